The van der Waals surface area contributed by atoms with E-state index >= 15 is 0 Å². The lowest BCUT2D eigenvalue weighted by atomic mass is 10.4. The van der Waals surface area contributed by atoms with Gasteiger partial charge in [0.15, 0.2) is 0 Å². The van der Waals surface area contributed by atoms with Crippen LogP contribution < -0.4 is 0 Å². The monoisotopic (exact) mass is 204 g/mol. The maximum Gasteiger partial charge on any atom is 0.0752 e. The Labute approximate surface area is 80.0 Å². The van der Waals surface area contributed by atoms with Gasteiger partial charge in [-0.2, -0.15) is 0 Å². The lowest BCUT2D eigenvalue weighted by Crippen LogP contribution is -1.62. The summed E-state index contributed by atoms with van der Waals surface area (Å²) in [5, 5.41) is 0. The van der Waals surface area contributed by atoms with Crippen molar-refractivity contribution in [2.75, 3.05) is 0 Å². The third-order valence-electron chi connectivity index (χ3n) is 1.32. The molecule has 0 atom stereocenters. The molecule has 0 fully saturated rings. The second-order valence-corrected chi connectivity index (χ2v) is 3.63. The van der Waals surface area contributed by atoms with Gasteiger partial charge in [-0.05, 0) is 12.5 Å². The normalized spacial score (nSPS) is 10.2. The van der Waals surface area contributed by atoms with E-state index in [1.54, 1.807) is 0 Å². The van der Waals surface area contributed by atoms with Gasteiger partial charge in [-0.25, -0.2) is 0 Å². The lowest BCUT2D eigenvalue weighted by Gasteiger charge is -1.81. The molecule has 1 rings (SSSR count). The van der Waals surface area contributed by atoms with Gasteiger partial charge in [0, 0.05) is 4.90 Å². The molecule has 0 saturated heterocycles. The third-order valence-corrected chi connectivity index (χ3v) is 3.62. The largest absolute Gasteiger partial charge is 0.142 e. The summed E-state index contributed by atoms with van der Waals surface area (Å²) in [4.78, 5) is 0.769. The average Bonchev–Trinajstić information content (AvgIpc) is 2.07. The summed E-state index contributed by atoms with van der Waals surface area (Å²) in [5.41, 5.74) is 0.938. The van der Waals surface area contributed by atoms with Crippen molar-refractivity contribution >= 4 is 49.3 Å². The van der Waals surface area contributed by atoms with E-state index in [4.69, 9.17) is 36.7 Å². The minimum absolute atomic E-state index is 0.604. The second kappa shape index (κ2) is 2.77. The first-order valence-corrected chi connectivity index (χ1v) is 4.26. The molecule has 0 amide bonds. The van der Waals surface area contributed by atoms with E-state index in [2.05, 4.69) is 12.6 Å². The number of hydrogen-bond acceptors (Lipinski definition) is 4. The Morgan fingerprint density at radius 2 is 1.50 bits per heavy atom. The predicted molar refractivity (Wildman–Crippen MR) is 53.3 cm³/mol. The molecule has 0 N–H and O–H groups in total. The minimum Gasteiger partial charge on any atom is -0.142 e. The van der Waals surface area contributed by atoms with Gasteiger partial charge in [0.25, 0.3) is 0 Å². The van der Waals surface area contributed by atoms with Crippen LogP contribution in [0.3, 0.4) is 0 Å². The average molecular weight is 204 g/mol. The van der Waals surface area contributed by atoms with Crippen LogP contribution in [0, 0.1) is 20.5 Å². The predicted octanol–water partition coefficient (Wildman–Crippen LogP) is 3.35. The van der Waals surface area contributed by atoms with Crippen LogP contribution in [-0.2, 0) is 0 Å². The maximum absolute atomic E-state index is 4.98. The molecule has 0 bridgehead atoms. The van der Waals surface area contributed by atoms with Crippen molar-refractivity contribution in [3.05, 3.63) is 19.1 Å². The highest BCUT2D eigenvalue weighted by Gasteiger charge is 2.02. The van der Waals surface area contributed by atoms with E-state index < -0.39 is 0 Å². The summed E-state index contributed by atoms with van der Waals surface area (Å²) in [7, 11) is 0. The number of hydrogen-bond donors (Lipinski definition) is 1. The van der Waals surface area contributed by atoms with Crippen LogP contribution in [0.1, 0.15) is 5.56 Å². The summed E-state index contributed by atoms with van der Waals surface area (Å²) >= 11 is 19.0. The first-order chi connectivity index (χ1) is 4.55. The fourth-order valence-corrected chi connectivity index (χ4v) is 1.81. The van der Waals surface area contributed by atoms with E-state index in [9.17, 15) is 0 Å². The Bertz CT molecular complexity index is 358. The molecule has 0 aliphatic rings. The first kappa shape index (κ1) is 8.46. The Hall–Kier alpha value is 0.360. The van der Waals surface area contributed by atoms with Gasteiger partial charge in [0.05, 0.1) is 13.5 Å². The second-order valence-electron chi connectivity index (χ2n) is 1.96. The third kappa shape index (κ3) is 1.09. The summed E-state index contributed by atoms with van der Waals surface area (Å²) in [6, 6.07) is 0. The highest BCUT2D eigenvalue weighted by Crippen LogP contribution is 2.20. The molecule has 0 spiro atoms. The van der Waals surface area contributed by atoms with Gasteiger partial charge in [0.1, 0.15) is 0 Å². The van der Waals surface area contributed by atoms with Crippen molar-refractivity contribution in [3.8, 4) is 0 Å². The molecule has 0 aromatic heterocycles. The number of thiol groups is 1. The van der Waals surface area contributed by atoms with E-state index in [1.807, 2.05) is 6.92 Å². The van der Waals surface area contributed by atoms with Crippen molar-refractivity contribution in [1.82, 2.24) is 0 Å². The van der Waals surface area contributed by atoms with Crippen LogP contribution in [0.2, 0.25) is 0 Å². The Morgan fingerprint density at radius 3 is 1.60 bits per heavy atom. The van der Waals surface area contributed by atoms with Crippen LogP contribution >= 0.6 is 49.3 Å². The SMILES string of the molecule is Cc1c(S)c(=S)c(=S)c1=S. The summed E-state index contributed by atoms with van der Waals surface area (Å²) in [6.07, 6.45) is 0. The quantitative estimate of drug-likeness (QED) is 0.509. The van der Waals surface area contributed by atoms with Crippen LogP contribution in [0.25, 0.3) is 0 Å². The molecule has 4 heteroatoms. The summed E-state index contributed by atoms with van der Waals surface area (Å²) in [6.45, 7) is 1.89. The van der Waals surface area contributed by atoms with E-state index in [0.29, 0.717) is 13.5 Å². The smallest absolute Gasteiger partial charge is 0.0752 e. The Kier molecular flexibility index (Phi) is 2.34. The molecule has 0 aliphatic heterocycles. The van der Waals surface area contributed by atoms with Gasteiger partial charge >= 0.3 is 0 Å². The molecule has 1 aromatic rings. The van der Waals surface area contributed by atoms with Gasteiger partial charge in [-0.3, -0.25) is 0 Å². The maximum atomic E-state index is 4.98. The molecule has 0 unspecified atom stereocenters. The molecule has 10 heavy (non-hydrogen) atoms. The highest BCUT2D eigenvalue weighted by molar-refractivity contribution is 7.81. The molecule has 0 aliphatic carbocycles. The first-order valence-electron chi connectivity index (χ1n) is 2.59. The van der Waals surface area contributed by atoms with Crippen LogP contribution in [0.4, 0.5) is 0 Å². The molecule has 0 saturated carbocycles. The van der Waals surface area contributed by atoms with Gasteiger partial charge in [-0.15, -0.1) is 12.6 Å². The van der Waals surface area contributed by atoms with E-state index in [0.717, 1.165) is 10.5 Å². The topological polar surface area (TPSA) is 0 Å². The van der Waals surface area contributed by atoms with Crippen molar-refractivity contribution < 1.29 is 0 Å². The Morgan fingerprint density at radius 1 is 1.00 bits per heavy atom. The van der Waals surface area contributed by atoms with Crippen molar-refractivity contribution in [1.29, 1.82) is 0 Å². The fraction of sp³-hybridized carbons (Fsp3) is 0.167. The zero-order chi connectivity index (χ0) is 7.89. The van der Waals surface area contributed by atoms with E-state index in [-0.39, 0.29) is 0 Å². The highest BCUT2D eigenvalue weighted by atomic mass is 32.1. The van der Waals surface area contributed by atoms with Crippen LogP contribution in [-0.4, -0.2) is 0 Å². The molecular weight excluding hydrogens is 200 g/mol. The molecule has 0 radical (unpaired) electrons. The van der Waals surface area contributed by atoms with Crippen molar-refractivity contribution in [3.63, 3.8) is 0 Å². The molecule has 0 nitrogen and oxygen atoms in total. The molecular formula is C6H4S4. The number of rotatable bonds is 0. The fourth-order valence-electron chi connectivity index (χ4n) is 0.659. The van der Waals surface area contributed by atoms with Gasteiger partial charge < -0.3 is 0 Å². The Balaban J connectivity index is 3.97. The summed E-state index contributed by atoms with van der Waals surface area (Å²) < 4.78 is 1.92. The zero-order valence-corrected chi connectivity index (χ0v) is 8.52. The molecule has 0 heterocycles. The van der Waals surface area contributed by atoms with Gasteiger partial charge in [0.2, 0.25) is 0 Å². The summed E-state index contributed by atoms with van der Waals surface area (Å²) in [5.74, 6) is 0. The molecule has 52 valence electrons. The standard InChI is InChI=1S/C6H4S4/c1-2-3(7)5(9)6(10)4(2)8/h7H,1H3. The lowest BCUT2D eigenvalue weighted by molar-refractivity contribution is 1.37. The van der Waals surface area contributed by atoms with Crippen molar-refractivity contribution in [2.45, 2.75) is 11.8 Å². The minimum atomic E-state index is 0.604. The van der Waals surface area contributed by atoms with Crippen LogP contribution in [0.5, 0.6) is 0 Å². The van der Waals surface area contributed by atoms with Crippen LogP contribution in [0.15, 0.2) is 4.90 Å². The van der Waals surface area contributed by atoms with Gasteiger partial charge in [-0.1, -0.05) is 36.7 Å². The van der Waals surface area contributed by atoms with Crippen molar-refractivity contribution in [2.24, 2.45) is 0 Å². The zero-order valence-electron chi connectivity index (χ0n) is 5.17. The molecule has 1 aromatic carbocycles. The van der Waals surface area contributed by atoms with E-state index in [1.165, 1.54) is 0 Å².